The van der Waals surface area contributed by atoms with Crippen LogP contribution in [0, 0.1) is 0 Å². The van der Waals surface area contributed by atoms with Crippen LogP contribution in [0.15, 0.2) is 0 Å². The molecule has 2 fully saturated rings. The van der Waals surface area contributed by atoms with Crippen LogP contribution in [0.3, 0.4) is 0 Å². The summed E-state index contributed by atoms with van der Waals surface area (Å²) < 4.78 is 5.37. The third-order valence-corrected chi connectivity index (χ3v) is 3.54. The quantitative estimate of drug-likeness (QED) is 0.727. The maximum absolute atomic E-state index is 5.37. The molecule has 3 nitrogen and oxygen atoms in total. The number of nitrogens with zero attached hydrogens (tertiary/aromatic N) is 1. The second-order valence-electron chi connectivity index (χ2n) is 4.85. The minimum atomic E-state index is 0.626. The van der Waals surface area contributed by atoms with Gasteiger partial charge >= 0.3 is 0 Å². The van der Waals surface area contributed by atoms with E-state index < -0.39 is 0 Å². The summed E-state index contributed by atoms with van der Waals surface area (Å²) in [6.45, 7) is 1.87. The normalized spacial score (nSPS) is 38.4. The maximum atomic E-state index is 5.37. The molecule has 1 aliphatic heterocycles. The summed E-state index contributed by atoms with van der Waals surface area (Å²) in [6, 6.07) is 2.14. The zero-order chi connectivity index (χ0) is 9.97. The number of nitrogens with one attached hydrogen (secondary N) is 1. The molecule has 0 bridgehead atoms. The Hall–Kier alpha value is -0.120. The lowest BCUT2D eigenvalue weighted by molar-refractivity contribution is 0.187. The summed E-state index contributed by atoms with van der Waals surface area (Å²) in [5.41, 5.74) is 0. The fourth-order valence-corrected chi connectivity index (χ4v) is 2.58. The molecule has 1 saturated heterocycles. The first-order chi connectivity index (χ1) is 6.75. The van der Waals surface area contributed by atoms with Crippen molar-refractivity contribution < 1.29 is 4.74 Å². The Balaban J connectivity index is 1.72. The number of hydrogen-bond acceptors (Lipinski definition) is 3. The summed E-state index contributed by atoms with van der Waals surface area (Å²) in [5, 5.41) is 3.71. The van der Waals surface area contributed by atoms with Gasteiger partial charge in [-0.25, -0.2) is 0 Å². The third-order valence-electron chi connectivity index (χ3n) is 3.54. The first-order valence-corrected chi connectivity index (χ1v) is 5.76. The van der Waals surface area contributed by atoms with E-state index in [4.69, 9.17) is 4.74 Å². The molecule has 0 radical (unpaired) electrons. The van der Waals surface area contributed by atoms with Crippen LogP contribution in [0.25, 0.3) is 0 Å². The van der Waals surface area contributed by atoms with Crippen LogP contribution < -0.4 is 5.32 Å². The Labute approximate surface area is 86.8 Å². The summed E-state index contributed by atoms with van der Waals surface area (Å²) in [6.07, 6.45) is 5.18. The van der Waals surface area contributed by atoms with Crippen LogP contribution in [-0.4, -0.2) is 50.3 Å². The molecular weight excluding hydrogens is 176 g/mol. The number of ether oxygens (including phenoxy) is 1. The molecule has 3 unspecified atom stereocenters. The highest BCUT2D eigenvalue weighted by Crippen LogP contribution is 2.23. The Morgan fingerprint density at radius 3 is 2.57 bits per heavy atom. The summed E-state index contributed by atoms with van der Waals surface area (Å²) in [4.78, 5) is 2.35. The molecule has 0 aromatic rings. The second-order valence-corrected chi connectivity index (χ2v) is 4.85. The fraction of sp³-hybridized carbons (Fsp3) is 1.00. The lowest BCUT2D eigenvalue weighted by Gasteiger charge is -2.20. The predicted octanol–water partition coefficient (Wildman–Crippen LogP) is 0.848. The third kappa shape index (κ3) is 2.47. The molecule has 2 rings (SSSR count). The highest BCUT2D eigenvalue weighted by molar-refractivity contribution is 4.87. The number of rotatable bonds is 3. The molecular formula is C11H22N2O. The Bertz CT molecular complexity index is 178. The second kappa shape index (κ2) is 4.60. The predicted molar refractivity (Wildman–Crippen MR) is 57.5 cm³/mol. The molecule has 1 heterocycles. The highest BCUT2D eigenvalue weighted by Gasteiger charge is 2.28. The van der Waals surface area contributed by atoms with Gasteiger partial charge in [0, 0.05) is 24.7 Å². The van der Waals surface area contributed by atoms with Gasteiger partial charge in [-0.1, -0.05) is 0 Å². The van der Waals surface area contributed by atoms with E-state index in [0.29, 0.717) is 6.04 Å². The first-order valence-electron chi connectivity index (χ1n) is 5.76. The summed E-state index contributed by atoms with van der Waals surface area (Å²) in [7, 11) is 4.37. The molecule has 0 aromatic heterocycles. The van der Waals surface area contributed by atoms with Gasteiger partial charge in [0.25, 0.3) is 0 Å². The SMILES string of the molecule is CN(C)C1CCC(NC2CCOC2)C1. The Morgan fingerprint density at radius 2 is 2.00 bits per heavy atom. The maximum Gasteiger partial charge on any atom is 0.0620 e. The van der Waals surface area contributed by atoms with E-state index in [2.05, 4.69) is 24.3 Å². The van der Waals surface area contributed by atoms with Gasteiger partial charge < -0.3 is 15.0 Å². The molecule has 1 aliphatic carbocycles. The molecule has 0 spiro atoms. The monoisotopic (exact) mass is 198 g/mol. The molecule has 2 aliphatic rings. The molecule has 3 heteroatoms. The van der Waals surface area contributed by atoms with E-state index in [9.17, 15) is 0 Å². The largest absolute Gasteiger partial charge is 0.380 e. The van der Waals surface area contributed by atoms with Crippen molar-refractivity contribution in [3.63, 3.8) is 0 Å². The summed E-state index contributed by atoms with van der Waals surface area (Å²) >= 11 is 0. The molecule has 0 aromatic carbocycles. The fourth-order valence-electron chi connectivity index (χ4n) is 2.58. The molecule has 14 heavy (non-hydrogen) atoms. The van der Waals surface area contributed by atoms with Gasteiger partial charge in [-0.15, -0.1) is 0 Å². The van der Waals surface area contributed by atoms with Crippen LogP contribution >= 0.6 is 0 Å². The van der Waals surface area contributed by atoms with Gasteiger partial charge in [-0.05, 0) is 39.8 Å². The van der Waals surface area contributed by atoms with Crippen LogP contribution in [0.4, 0.5) is 0 Å². The lowest BCUT2D eigenvalue weighted by atomic mass is 10.2. The average molecular weight is 198 g/mol. The van der Waals surface area contributed by atoms with Crippen molar-refractivity contribution in [2.45, 2.75) is 43.8 Å². The topological polar surface area (TPSA) is 24.5 Å². The van der Waals surface area contributed by atoms with Gasteiger partial charge in [0.1, 0.15) is 0 Å². The molecule has 3 atom stereocenters. The van der Waals surface area contributed by atoms with Crippen molar-refractivity contribution in [1.29, 1.82) is 0 Å². The van der Waals surface area contributed by atoms with Crippen LogP contribution in [0.5, 0.6) is 0 Å². The molecule has 1 saturated carbocycles. The van der Waals surface area contributed by atoms with E-state index in [1.165, 1.54) is 25.7 Å². The van der Waals surface area contributed by atoms with Crippen LogP contribution in [0.1, 0.15) is 25.7 Å². The van der Waals surface area contributed by atoms with Crippen molar-refractivity contribution >= 4 is 0 Å². The van der Waals surface area contributed by atoms with Gasteiger partial charge in [0.15, 0.2) is 0 Å². The van der Waals surface area contributed by atoms with Gasteiger partial charge in [0.05, 0.1) is 6.61 Å². The Kier molecular flexibility index (Phi) is 3.42. The van der Waals surface area contributed by atoms with Crippen molar-refractivity contribution in [2.24, 2.45) is 0 Å². The van der Waals surface area contributed by atoms with Crippen molar-refractivity contribution in [3.05, 3.63) is 0 Å². The van der Waals surface area contributed by atoms with E-state index in [0.717, 1.165) is 25.3 Å². The minimum absolute atomic E-state index is 0.626. The highest BCUT2D eigenvalue weighted by atomic mass is 16.5. The molecule has 1 N–H and O–H groups in total. The zero-order valence-electron chi connectivity index (χ0n) is 9.33. The minimum Gasteiger partial charge on any atom is -0.380 e. The van der Waals surface area contributed by atoms with E-state index in [1.54, 1.807) is 0 Å². The van der Waals surface area contributed by atoms with Crippen molar-refractivity contribution in [3.8, 4) is 0 Å². The van der Waals surface area contributed by atoms with Crippen LogP contribution in [-0.2, 0) is 4.74 Å². The van der Waals surface area contributed by atoms with Gasteiger partial charge in [-0.3, -0.25) is 0 Å². The first kappa shape index (κ1) is 10.4. The molecule has 0 amide bonds. The molecule has 82 valence electrons. The van der Waals surface area contributed by atoms with Crippen LogP contribution in [0.2, 0.25) is 0 Å². The van der Waals surface area contributed by atoms with E-state index in [-0.39, 0.29) is 0 Å². The lowest BCUT2D eigenvalue weighted by Crippen LogP contribution is -2.38. The smallest absolute Gasteiger partial charge is 0.0620 e. The summed E-state index contributed by atoms with van der Waals surface area (Å²) in [5.74, 6) is 0. The van der Waals surface area contributed by atoms with E-state index >= 15 is 0 Å². The zero-order valence-corrected chi connectivity index (χ0v) is 9.33. The average Bonchev–Trinajstić information content (AvgIpc) is 2.75. The van der Waals surface area contributed by atoms with Crippen molar-refractivity contribution in [1.82, 2.24) is 10.2 Å². The van der Waals surface area contributed by atoms with Gasteiger partial charge in [0.2, 0.25) is 0 Å². The standard InChI is InChI=1S/C11H22N2O/c1-13(2)11-4-3-9(7-11)12-10-5-6-14-8-10/h9-12H,3-8H2,1-2H3. The van der Waals surface area contributed by atoms with E-state index in [1.807, 2.05) is 0 Å². The van der Waals surface area contributed by atoms with Crippen molar-refractivity contribution in [2.75, 3.05) is 27.3 Å². The Morgan fingerprint density at radius 1 is 1.14 bits per heavy atom. The number of hydrogen-bond donors (Lipinski definition) is 1. The van der Waals surface area contributed by atoms with Gasteiger partial charge in [-0.2, -0.15) is 0 Å².